The zero-order valence-corrected chi connectivity index (χ0v) is 21.1. The lowest BCUT2D eigenvalue weighted by Crippen LogP contribution is -2.32. The number of allylic oxidation sites excluding steroid dienone is 2. The Morgan fingerprint density at radius 1 is 0.914 bits per heavy atom. The van der Waals surface area contributed by atoms with E-state index in [1.807, 2.05) is 48.7 Å². The largest absolute Gasteiger partial charge is 0.466 e. The molecular weight excluding hydrogens is 462 g/mol. The molecule has 1 aliphatic rings. The van der Waals surface area contributed by atoms with Crippen molar-refractivity contribution in [3.05, 3.63) is 87.6 Å². The quantitative estimate of drug-likeness (QED) is 0.446. The van der Waals surface area contributed by atoms with Crippen LogP contribution in [-0.2, 0) is 19.1 Å². The summed E-state index contributed by atoms with van der Waals surface area (Å²) in [5.74, 6) is -1.71. The standard InChI is InChI=1S/C27H27N3O4S/c1-15-10-12-18(13-11-15)21-14-35-27(30-21)29-20-9-7-6-8-19(20)24-22(25(31)33-4)16(2)28-17(3)23(24)26(32)34-5/h6-14,24,28H,1-5H3,(H,29,30). The van der Waals surface area contributed by atoms with Crippen LogP contribution in [0.1, 0.15) is 30.9 Å². The Kier molecular flexibility index (Phi) is 7.02. The minimum Gasteiger partial charge on any atom is -0.466 e. The molecule has 0 saturated heterocycles. The normalized spacial score (nSPS) is 14.0. The average molecular weight is 490 g/mol. The number of dihydropyridines is 1. The van der Waals surface area contributed by atoms with Gasteiger partial charge in [-0.1, -0.05) is 48.0 Å². The van der Waals surface area contributed by atoms with Crippen LogP contribution in [-0.4, -0.2) is 31.1 Å². The molecule has 180 valence electrons. The van der Waals surface area contributed by atoms with Crippen molar-refractivity contribution in [2.24, 2.45) is 0 Å². The highest BCUT2D eigenvalue weighted by molar-refractivity contribution is 7.14. The van der Waals surface area contributed by atoms with Gasteiger partial charge in [-0.15, -0.1) is 11.3 Å². The van der Waals surface area contributed by atoms with Crippen molar-refractivity contribution in [2.75, 3.05) is 19.5 Å². The number of carbonyl (C=O) groups excluding carboxylic acids is 2. The van der Waals surface area contributed by atoms with Gasteiger partial charge >= 0.3 is 11.9 Å². The third kappa shape index (κ3) is 4.83. The molecule has 0 unspecified atom stereocenters. The van der Waals surface area contributed by atoms with E-state index in [1.54, 1.807) is 13.8 Å². The van der Waals surface area contributed by atoms with E-state index in [2.05, 4.69) is 22.8 Å². The molecule has 0 radical (unpaired) electrons. The number of rotatable bonds is 6. The Morgan fingerprint density at radius 2 is 1.51 bits per heavy atom. The highest BCUT2D eigenvalue weighted by Crippen LogP contribution is 2.42. The second-order valence-electron chi connectivity index (χ2n) is 8.23. The van der Waals surface area contributed by atoms with Crippen molar-refractivity contribution in [3.8, 4) is 11.3 Å². The Bertz CT molecular complexity index is 1300. The summed E-state index contributed by atoms with van der Waals surface area (Å²) < 4.78 is 10.2. The van der Waals surface area contributed by atoms with E-state index in [1.165, 1.54) is 31.1 Å². The fraction of sp³-hybridized carbons (Fsp3) is 0.222. The molecule has 2 N–H and O–H groups in total. The van der Waals surface area contributed by atoms with E-state index in [0.717, 1.165) is 22.5 Å². The minimum absolute atomic E-state index is 0.354. The van der Waals surface area contributed by atoms with Crippen LogP contribution in [0.2, 0.25) is 0 Å². The smallest absolute Gasteiger partial charge is 0.336 e. The van der Waals surface area contributed by atoms with Crippen LogP contribution >= 0.6 is 11.3 Å². The van der Waals surface area contributed by atoms with Crippen molar-refractivity contribution < 1.29 is 19.1 Å². The molecule has 2 aromatic carbocycles. The molecule has 2 heterocycles. The summed E-state index contributed by atoms with van der Waals surface area (Å²) in [5, 5.41) is 9.22. The summed E-state index contributed by atoms with van der Waals surface area (Å²) in [5.41, 5.74) is 6.51. The van der Waals surface area contributed by atoms with E-state index in [4.69, 9.17) is 14.5 Å². The number of anilines is 2. The maximum atomic E-state index is 12.9. The Hall–Kier alpha value is -3.91. The van der Waals surface area contributed by atoms with Crippen molar-refractivity contribution in [2.45, 2.75) is 26.7 Å². The van der Waals surface area contributed by atoms with E-state index < -0.39 is 17.9 Å². The Balaban J connectivity index is 1.77. The van der Waals surface area contributed by atoms with Crippen LogP contribution in [0.5, 0.6) is 0 Å². The lowest BCUT2D eigenvalue weighted by atomic mass is 9.79. The van der Waals surface area contributed by atoms with Crippen molar-refractivity contribution >= 4 is 34.1 Å². The van der Waals surface area contributed by atoms with Gasteiger partial charge in [0.05, 0.1) is 37.0 Å². The number of aromatic nitrogens is 1. The number of thiazole rings is 1. The maximum Gasteiger partial charge on any atom is 0.336 e. The molecule has 0 atom stereocenters. The highest BCUT2D eigenvalue weighted by Gasteiger charge is 2.38. The van der Waals surface area contributed by atoms with Crippen LogP contribution in [0, 0.1) is 6.92 Å². The van der Waals surface area contributed by atoms with Gasteiger partial charge in [-0.05, 0) is 32.4 Å². The van der Waals surface area contributed by atoms with E-state index in [9.17, 15) is 9.59 Å². The molecule has 0 saturated carbocycles. The number of carbonyl (C=O) groups is 2. The molecule has 0 bridgehead atoms. The second kappa shape index (κ2) is 10.1. The van der Waals surface area contributed by atoms with Gasteiger partial charge in [0, 0.05) is 28.0 Å². The lowest BCUT2D eigenvalue weighted by molar-refractivity contribution is -0.137. The first-order chi connectivity index (χ1) is 16.8. The lowest BCUT2D eigenvalue weighted by Gasteiger charge is -2.31. The number of nitrogens with one attached hydrogen (secondary N) is 2. The van der Waals surface area contributed by atoms with Crippen LogP contribution < -0.4 is 10.6 Å². The molecule has 1 aliphatic heterocycles. The maximum absolute atomic E-state index is 12.9. The third-order valence-corrected chi connectivity index (χ3v) is 6.69. The summed E-state index contributed by atoms with van der Waals surface area (Å²) in [4.78, 5) is 30.5. The Labute approximate surface area is 208 Å². The zero-order valence-electron chi connectivity index (χ0n) is 20.3. The first-order valence-electron chi connectivity index (χ1n) is 11.1. The van der Waals surface area contributed by atoms with Crippen LogP contribution in [0.4, 0.5) is 10.8 Å². The van der Waals surface area contributed by atoms with Crippen molar-refractivity contribution in [3.63, 3.8) is 0 Å². The number of benzene rings is 2. The molecule has 0 fully saturated rings. The van der Waals surface area contributed by atoms with Gasteiger partial charge in [-0.3, -0.25) is 0 Å². The summed E-state index contributed by atoms with van der Waals surface area (Å²) in [6.07, 6.45) is 0. The number of nitrogens with zero attached hydrogens (tertiary/aromatic N) is 1. The molecule has 35 heavy (non-hydrogen) atoms. The van der Waals surface area contributed by atoms with Crippen LogP contribution in [0.3, 0.4) is 0 Å². The van der Waals surface area contributed by atoms with Crippen molar-refractivity contribution in [1.29, 1.82) is 0 Å². The van der Waals surface area contributed by atoms with Gasteiger partial charge in [0.1, 0.15) is 0 Å². The summed E-state index contributed by atoms with van der Waals surface area (Å²) >= 11 is 1.48. The van der Waals surface area contributed by atoms with Gasteiger partial charge in [-0.2, -0.15) is 0 Å². The molecule has 0 aliphatic carbocycles. The number of ether oxygens (including phenoxy) is 2. The summed E-state index contributed by atoms with van der Waals surface area (Å²) in [6, 6.07) is 15.8. The minimum atomic E-state index is -0.684. The number of methoxy groups -OCH3 is 2. The summed E-state index contributed by atoms with van der Waals surface area (Å²) in [7, 11) is 2.66. The molecule has 8 heteroatoms. The van der Waals surface area contributed by atoms with Crippen LogP contribution in [0.25, 0.3) is 11.3 Å². The fourth-order valence-corrected chi connectivity index (χ4v) is 4.96. The molecule has 3 aromatic rings. The third-order valence-electron chi connectivity index (χ3n) is 5.94. The predicted octanol–water partition coefficient (Wildman–Crippen LogP) is 5.44. The zero-order chi connectivity index (χ0) is 25.1. The monoisotopic (exact) mass is 489 g/mol. The number of esters is 2. The second-order valence-corrected chi connectivity index (χ2v) is 9.09. The van der Waals surface area contributed by atoms with Gasteiger partial charge in [0.15, 0.2) is 5.13 Å². The SMILES string of the molecule is COC(=O)C1=C(C)NC(C)=C(C(=O)OC)C1c1ccccc1Nc1nc(-c2ccc(C)cc2)cs1. The first-order valence-corrected chi connectivity index (χ1v) is 12.0. The van der Waals surface area contributed by atoms with Gasteiger partial charge in [0.25, 0.3) is 0 Å². The van der Waals surface area contributed by atoms with Crippen molar-refractivity contribution in [1.82, 2.24) is 10.3 Å². The molecule has 0 amide bonds. The molecule has 0 spiro atoms. The molecule has 7 nitrogen and oxygen atoms in total. The fourth-order valence-electron chi connectivity index (χ4n) is 4.23. The Morgan fingerprint density at radius 3 is 2.11 bits per heavy atom. The number of aryl methyl sites for hydroxylation is 1. The molecular formula is C27H27N3O4S. The molecule has 1 aromatic heterocycles. The number of hydrogen-bond donors (Lipinski definition) is 2. The van der Waals surface area contributed by atoms with Gasteiger partial charge < -0.3 is 20.1 Å². The molecule has 4 rings (SSSR count). The van der Waals surface area contributed by atoms with Gasteiger partial charge in [0.2, 0.25) is 0 Å². The predicted molar refractivity (Wildman–Crippen MR) is 137 cm³/mol. The van der Waals surface area contributed by atoms with E-state index in [0.29, 0.717) is 27.7 Å². The van der Waals surface area contributed by atoms with Crippen LogP contribution in [0.15, 0.2) is 76.5 Å². The van der Waals surface area contributed by atoms with E-state index in [-0.39, 0.29) is 0 Å². The summed E-state index contributed by atoms with van der Waals surface area (Å²) in [6.45, 7) is 5.63. The average Bonchev–Trinajstić information content (AvgIpc) is 3.32. The topological polar surface area (TPSA) is 89.5 Å². The van der Waals surface area contributed by atoms with E-state index >= 15 is 0 Å². The van der Waals surface area contributed by atoms with Gasteiger partial charge in [-0.25, -0.2) is 14.6 Å². The number of para-hydroxylation sites is 1. The number of hydrogen-bond acceptors (Lipinski definition) is 8. The first kappa shape index (κ1) is 24.2. The highest BCUT2D eigenvalue weighted by atomic mass is 32.1.